The summed E-state index contributed by atoms with van der Waals surface area (Å²) in [6, 6.07) is 23.7. The Morgan fingerprint density at radius 3 is 2.45 bits per heavy atom. The Balaban J connectivity index is 1.55. The maximum absolute atomic E-state index is 13.4. The molecule has 0 bridgehead atoms. The van der Waals surface area contributed by atoms with Gasteiger partial charge in [0.05, 0.1) is 11.0 Å². The Labute approximate surface area is 178 Å². The van der Waals surface area contributed by atoms with E-state index in [1.807, 2.05) is 54.6 Å². The molecule has 3 aromatic carbocycles. The highest BCUT2D eigenvalue weighted by atomic mass is 19.1. The number of nitrogens with zero attached hydrogens (tertiary/aromatic N) is 3. The van der Waals surface area contributed by atoms with Gasteiger partial charge in [0, 0.05) is 29.1 Å². The molecule has 0 fully saturated rings. The van der Waals surface area contributed by atoms with Crippen LogP contribution < -0.4 is 5.32 Å². The molecule has 0 saturated carbocycles. The van der Waals surface area contributed by atoms with Crippen molar-refractivity contribution in [2.75, 3.05) is 0 Å². The molecule has 5 nitrogen and oxygen atoms in total. The summed E-state index contributed by atoms with van der Waals surface area (Å²) in [6.45, 7) is 0.518. The molecule has 2 heterocycles. The summed E-state index contributed by atoms with van der Waals surface area (Å²) in [5.74, 6) is -0.448. The average Bonchev–Trinajstić information content (AvgIpc) is 3.17. The van der Waals surface area contributed by atoms with Crippen molar-refractivity contribution >= 4 is 27.7 Å². The zero-order valence-electron chi connectivity index (χ0n) is 16.6. The topological polar surface area (TPSA) is 59.8 Å². The van der Waals surface area contributed by atoms with Gasteiger partial charge in [0.1, 0.15) is 18.1 Å². The number of halogens is 1. The molecule has 0 saturated heterocycles. The smallest absolute Gasteiger partial charge is 0.242 e. The van der Waals surface area contributed by atoms with Crippen molar-refractivity contribution in [2.24, 2.45) is 0 Å². The van der Waals surface area contributed by atoms with Crippen LogP contribution in [0.4, 0.5) is 4.39 Å². The van der Waals surface area contributed by atoms with Gasteiger partial charge in [0.15, 0.2) is 0 Å². The molecule has 5 rings (SSSR count). The van der Waals surface area contributed by atoms with E-state index in [9.17, 15) is 9.18 Å². The number of para-hydroxylation sites is 1. The monoisotopic (exact) mass is 410 g/mol. The normalized spacial score (nSPS) is 11.1. The number of aromatic nitrogens is 3. The lowest BCUT2D eigenvalue weighted by Gasteiger charge is -2.07. The molecule has 6 heteroatoms. The van der Waals surface area contributed by atoms with Gasteiger partial charge in [-0.05, 0) is 35.9 Å². The first-order chi connectivity index (χ1) is 15.2. The van der Waals surface area contributed by atoms with Crippen molar-refractivity contribution in [1.82, 2.24) is 20.1 Å². The Hall–Kier alpha value is -4.06. The van der Waals surface area contributed by atoms with Crippen LogP contribution in [0, 0.1) is 5.82 Å². The number of fused-ring (bicyclic) bond motifs is 3. The highest BCUT2D eigenvalue weighted by Crippen LogP contribution is 2.32. The standard InChI is InChI=1S/C25H19FN4O/c26-19-12-10-18(11-13-19)24-21-15-27-22-9-5-4-8-20(22)25(21)30(29-24)16-23(31)28-14-17-6-2-1-3-7-17/h1-13,15H,14,16H2,(H,28,31). The molecule has 0 unspecified atom stereocenters. The van der Waals surface area contributed by atoms with Crippen LogP contribution in [0.15, 0.2) is 85.1 Å². The molecular weight excluding hydrogens is 391 g/mol. The third-order valence-electron chi connectivity index (χ3n) is 5.22. The summed E-state index contributed by atoms with van der Waals surface area (Å²) in [7, 11) is 0. The van der Waals surface area contributed by atoms with E-state index in [0.29, 0.717) is 12.2 Å². The first-order valence-electron chi connectivity index (χ1n) is 10.00. The fraction of sp³-hybridized carbons (Fsp3) is 0.0800. The summed E-state index contributed by atoms with van der Waals surface area (Å²) in [4.78, 5) is 17.3. The van der Waals surface area contributed by atoms with Crippen LogP contribution in [-0.4, -0.2) is 20.7 Å². The quantitative estimate of drug-likeness (QED) is 0.457. The SMILES string of the molecule is O=C(Cn1nc(-c2ccc(F)cc2)c2cnc3ccccc3c21)NCc1ccccc1. The number of hydrogen-bond acceptors (Lipinski definition) is 3. The molecule has 5 aromatic rings. The summed E-state index contributed by atoms with van der Waals surface area (Å²) in [5.41, 5.74) is 4.13. The lowest BCUT2D eigenvalue weighted by atomic mass is 10.1. The predicted molar refractivity (Wildman–Crippen MR) is 119 cm³/mol. The molecule has 0 aliphatic rings. The number of hydrogen-bond donors (Lipinski definition) is 1. The van der Waals surface area contributed by atoms with Gasteiger partial charge in [-0.25, -0.2) is 4.39 Å². The molecule has 1 N–H and O–H groups in total. The molecule has 152 valence electrons. The van der Waals surface area contributed by atoms with E-state index in [2.05, 4.69) is 10.3 Å². The van der Waals surface area contributed by atoms with Gasteiger partial charge < -0.3 is 5.32 Å². The second-order valence-electron chi connectivity index (χ2n) is 7.31. The van der Waals surface area contributed by atoms with Gasteiger partial charge in [-0.3, -0.25) is 14.5 Å². The van der Waals surface area contributed by atoms with Gasteiger partial charge in [-0.1, -0.05) is 48.5 Å². The number of carbonyl (C=O) groups is 1. The first-order valence-corrected chi connectivity index (χ1v) is 10.00. The van der Waals surface area contributed by atoms with Gasteiger partial charge in [-0.2, -0.15) is 5.10 Å². The molecule has 0 radical (unpaired) electrons. The largest absolute Gasteiger partial charge is 0.350 e. The minimum atomic E-state index is -0.309. The van der Waals surface area contributed by atoms with E-state index in [1.165, 1.54) is 12.1 Å². The Bertz CT molecular complexity index is 1380. The van der Waals surface area contributed by atoms with Crippen LogP contribution in [0.5, 0.6) is 0 Å². The second kappa shape index (κ2) is 7.99. The zero-order chi connectivity index (χ0) is 21.2. The Morgan fingerprint density at radius 2 is 1.65 bits per heavy atom. The Morgan fingerprint density at radius 1 is 0.903 bits per heavy atom. The fourth-order valence-corrected chi connectivity index (χ4v) is 3.73. The van der Waals surface area contributed by atoms with Crippen LogP contribution in [0.2, 0.25) is 0 Å². The molecular formula is C25H19FN4O. The van der Waals surface area contributed by atoms with Crippen LogP contribution >= 0.6 is 0 Å². The minimum absolute atomic E-state index is 0.0680. The summed E-state index contributed by atoms with van der Waals surface area (Å²) >= 11 is 0. The Kier molecular flexibility index (Phi) is 4.88. The van der Waals surface area contributed by atoms with Crippen LogP contribution in [-0.2, 0) is 17.9 Å². The van der Waals surface area contributed by atoms with E-state index in [0.717, 1.165) is 32.9 Å². The third kappa shape index (κ3) is 3.75. The number of pyridine rings is 1. The van der Waals surface area contributed by atoms with Gasteiger partial charge in [-0.15, -0.1) is 0 Å². The van der Waals surface area contributed by atoms with E-state index < -0.39 is 0 Å². The highest BCUT2D eigenvalue weighted by molar-refractivity contribution is 6.08. The predicted octanol–water partition coefficient (Wildman–Crippen LogP) is 4.71. The molecule has 0 atom stereocenters. The number of amides is 1. The number of carbonyl (C=O) groups excluding carboxylic acids is 1. The third-order valence-corrected chi connectivity index (χ3v) is 5.22. The van der Waals surface area contributed by atoms with Crippen molar-refractivity contribution < 1.29 is 9.18 Å². The van der Waals surface area contributed by atoms with E-state index in [1.54, 1.807) is 23.0 Å². The van der Waals surface area contributed by atoms with Gasteiger partial charge in [0.2, 0.25) is 5.91 Å². The first kappa shape index (κ1) is 18.9. The highest BCUT2D eigenvalue weighted by Gasteiger charge is 2.17. The number of benzene rings is 3. The van der Waals surface area contributed by atoms with Crippen LogP contribution in [0.1, 0.15) is 5.56 Å². The maximum Gasteiger partial charge on any atom is 0.242 e. The van der Waals surface area contributed by atoms with Crippen molar-refractivity contribution in [3.8, 4) is 11.3 Å². The second-order valence-corrected chi connectivity index (χ2v) is 7.31. The minimum Gasteiger partial charge on any atom is -0.350 e. The lowest BCUT2D eigenvalue weighted by molar-refractivity contribution is -0.121. The molecule has 0 aliphatic heterocycles. The molecule has 2 aromatic heterocycles. The van der Waals surface area contributed by atoms with Crippen LogP contribution in [0.25, 0.3) is 33.1 Å². The lowest BCUT2D eigenvalue weighted by Crippen LogP contribution is -2.27. The van der Waals surface area contributed by atoms with Crippen molar-refractivity contribution in [3.05, 3.63) is 96.4 Å². The number of nitrogens with one attached hydrogen (secondary N) is 1. The van der Waals surface area contributed by atoms with Crippen LogP contribution in [0.3, 0.4) is 0 Å². The molecule has 31 heavy (non-hydrogen) atoms. The summed E-state index contributed by atoms with van der Waals surface area (Å²) in [6.07, 6.45) is 1.77. The van der Waals surface area contributed by atoms with Gasteiger partial charge >= 0.3 is 0 Å². The summed E-state index contributed by atoms with van der Waals surface area (Å²) < 4.78 is 15.1. The van der Waals surface area contributed by atoms with Crippen molar-refractivity contribution in [1.29, 1.82) is 0 Å². The van der Waals surface area contributed by atoms with E-state index >= 15 is 0 Å². The van der Waals surface area contributed by atoms with Crippen molar-refractivity contribution in [2.45, 2.75) is 13.1 Å². The molecule has 0 spiro atoms. The van der Waals surface area contributed by atoms with E-state index in [-0.39, 0.29) is 18.3 Å². The average molecular weight is 410 g/mol. The van der Waals surface area contributed by atoms with E-state index in [4.69, 9.17) is 5.10 Å². The van der Waals surface area contributed by atoms with Crippen molar-refractivity contribution in [3.63, 3.8) is 0 Å². The zero-order valence-corrected chi connectivity index (χ0v) is 16.6. The number of rotatable bonds is 5. The summed E-state index contributed by atoms with van der Waals surface area (Å²) in [5, 5.41) is 9.41. The molecule has 1 amide bonds. The fourth-order valence-electron chi connectivity index (χ4n) is 3.73. The maximum atomic E-state index is 13.4. The van der Waals surface area contributed by atoms with Gasteiger partial charge in [0.25, 0.3) is 0 Å². The molecule has 0 aliphatic carbocycles.